The summed E-state index contributed by atoms with van der Waals surface area (Å²) in [6.45, 7) is 0.873. The van der Waals surface area contributed by atoms with Crippen molar-refractivity contribution >= 4 is 23.3 Å². The number of para-hydroxylation sites is 1. The van der Waals surface area contributed by atoms with Crippen LogP contribution in [0.2, 0.25) is 0 Å². The number of benzene rings is 1. The van der Waals surface area contributed by atoms with Crippen molar-refractivity contribution in [3.05, 3.63) is 64.7 Å². The molecule has 1 aliphatic heterocycles. The Morgan fingerprint density at radius 2 is 1.97 bits per heavy atom. The molecule has 0 radical (unpaired) electrons. The number of rotatable bonds is 4. The summed E-state index contributed by atoms with van der Waals surface area (Å²) < 4.78 is 5.88. The van der Waals surface area contributed by atoms with Crippen LogP contribution >= 0.6 is 0 Å². The Labute approximate surface area is 182 Å². The van der Waals surface area contributed by atoms with Gasteiger partial charge in [0.1, 0.15) is 17.8 Å². The average molecular weight is 438 g/mol. The van der Waals surface area contributed by atoms with Gasteiger partial charge in [0.25, 0.3) is 11.5 Å². The number of aromatic nitrogens is 3. The maximum absolute atomic E-state index is 12.7. The smallest absolute Gasteiger partial charge is 0.321 e. The molecule has 1 aliphatic rings. The molecule has 1 aromatic carbocycles. The van der Waals surface area contributed by atoms with E-state index in [2.05, 4.69) is 25.3 Å². The highest BCUT2D eigenvalue weighted by Gasteiger charge is 2.30. The lowest BCUT2D eigenvalue weighted by Gasteiger charge is -2.33. The Hall–Kier alpha value is -4.15. The third-order valence-electron chi connectivity index (χ3n) is 5.31. The standard InChI is InChI=1S/C21H22N6O5/c1-26-18(25-16(17(28)20(26)30)19(29)23-15-10-22-32-12-15)13-6-5-9-27(11-13)21(31)24-14-7-3-2-4-8-14/h2-4,7-8,10,12-13,28H,5-6,9,11H2,1H3,(H,23,29)(H,24,31). The number of carbonyl (C=O) groups is 2. The van der Waals surface area contributed by atoms with Crippen molar-refractivity contribution in [2.24, 2.45) is 7.05 Å². The highest BCUT2D eigenvalue weighted by Crippen LogP contribution is 2.27. The zero-order valence-electron chi connectivity index (χ0n) is 17.3. The third-order valence-corrected chi connectivity index (χ3v) is 5.31. The lowest BCUT2D eigenvalue weighted by Crippen LogP contribution is -2.43. The molecule has 0 aliphatic carbocycles. The van der Waals surface area contributed by atoms with E-state index in [0.29, 0.717) is 37.4 Å². The Bertz CT molecular complexity index is 1180. The van der Waals surface area contributed by atoms with E-state index in [-0.39, 0.29) is 17.6 Å². The largest absolute Gasteiger partial charge is 0.501 e. The normalized spacial score (nSPS) is 15.9. The van der Waals surface area contributed by atoms with Gasteiger partial charge >= 0.3 is 6.03 Å². The number of anilines is 2. The van der Waals surface area contributed by atoms with Crippen molar-refractivity contribution in [1.29, 1.82) is 0 Å². The van der Waals surface area contributed by atoms with Crippen LogP contribution < -0.4 is 16.2 Å². The van der Waals surface area contributed by atoms with Gasteiger partial charge < -0.3 is 25.2 Å². The quantitative estimate of drug-likeness (QED) is 0.566. The van der Waals surface area contributed by atoms with Gasteiger partial charge in [0.05, 0.1) is 6.20 Å². The number of carbonyl (C=O) groups excluding carboxylic acids is 2. The number of nitrogens with one attached hydrogen (secondary N) is 2. The molecular weight excluding hydrogens is 416 g/mol. The molecular formula is C21H22N6O5. The van der Waals surface area contributed by atoms with Gasteiger partial charge in [0.2, 0.25) is 5.75 Å². The summed E-state index contributed by atoms with van der Waals surface area (Å²) in [6, 6.07) is 8.86. The molecule has 0 saturated carbocycles. The first-order chi connectivity index (χ1) is 15.4. The summed E-state index contributed by atoms with van der Waals surface area (Å²) >= 11 is 0. The first kappa shape index (κ1) is 21.1. The predicted octanol–water partition coefficient (Wildman–Crippen LogP) is 2.14. The van der Waals surface area contributed by atoms with Crippen LogP contribution in [-0.2, 0) is 7.05 Å². The second-order valence-electron chi connectivity index (χ2n) is 7.48. The molecule has 4 rings (SSSR count). The maximum Gasteiger partial charge on any atom is 0.321 e. The molecule has 11 nitrogen and oxygen atoms in total. The Balaban J connectivity index is 1.56. The van der Waals surface area contributed by atoms with Crippen LogP contribution in [0.4, 0.5) is 16.2 Å². The Morgan fingerprint density at radius 3 is 2.69 bits per heavy atom. The summed E-state index contributed by atoms with van der Waals surface area (Å²) in [5.74, 6) is -1.48. The van der Waals surface area contributed by atoms with E-state index in [1.165, 1.54) is 24.1 Å². The monoisotopic (exact) mass is 438 g/mol. The topological polar surface area (TPSA) is 143 Å². The molecule has 1 fully saturated rings. The number of likely N-dealkylation sites (tertiary alicyclic amines) is 1. The van der Waals surface area contributed by atoms with Crippen molar-refractivity contribution in [3.63, 3.8) is 0 Å². The van der Waals surface area contributed by atoms with Crippen molar-refractivity contribution in [3.8, 4) is 5.75 Å². The highest BCUT2D eigenvalue weighted by molar-refractivity contribution is 6.04. The maximum atomic E-state index is 12.7. The van der Waals surface area contributed by atoms with E-state index < -0.39 is 22.9 Å². The van der Waals surface area contributed by atoms with Crippen LogP contribution in [0.1, 0.15) is 35.1 Å². The second kappa shape index (κ2) is 8.92. The lowest BCUT2D eigenvalue weighted by atomic mass is 9.97. The summed E-state index contributed by atoms with van der Waals surface area (Å²) in [4.78, 5) is 43.8. The van der Waals surface area contributed by atoms with Gasteiger partial charge in [-0.2, -0.15) is 0 Å². The van der Waals surface area contributed by atoms with E-state index in [0.717, 1.165) is 0 Å². The van der Waals surface area contributed by atoms with Crippen LogP contribution in [0.25, 0.3) is 0 Å². The highest BCUT2D eigenvalue weighted by atomic mass is 16.5. The number of aromatic hydroxyl groups is 1. The molecule has 1 saturated heterocycles. The molecule has 1 atom stereocenters. The number of amides is 3. The van der Waals surface area contributed by atoms with E-state index >= 15 is 0 Å². The molecule has 2 aromatic heterocycles. The zero-order chi connectivity index (χ0) is 22.7. The van der Waals surface area contributed by atoms with Crippen molar-refractivity contribution in [1.82, 2.24) is 19.6 Å². The second-order valence-corrected chi connectivity index (χ2v) is 7.48. The zero-order valence-corrected chi connectivity index (χ0v) is 17.3. The molecule has 1 unspecified atom stereocenters. The Kier molecular flexibility index (Phi) is 5.88. The summed E-state index contributed by atoms with van der Waals surface area (Å²) in [5.41, 5.74) is -0.186. The summed E-state index contributed by atoms with van der Waals surface area (Å²) in [7, 11) is 1.48. The molecule has 3 N–H and O–H groups in total. The van der Waals surface area contributed by atoms with E-state index in [1.807, 2.05) is 18.2 Å². The minimum Gasteiger partial charge on any atom is -0.501 e. The number of hydrogen-bond donors (Lipinski definition) is 3. The first-order valence-corrected chi connectivity index (χ1v) is 10.1. The van der Waals surface area contributed by atoms with Gasteiger partial charge in [-0.25, -0.2) is 9.78 Å². The van der Waals surface area contributed by atoms with Crippen LogP contribution in [0.5, 0.6) is 5.75 Å². The number of urea groups is 1. The third kappa shape index (κ3) is 4.31. The fourth-order valence-electron chi connectivity index (χ4n) is 3.68. The van der Waals surface area contributed by atoms with Crippen LogP contribution in [0.15, 0.2) is 52.1 Å². The first-order valence-electron chi connectivity index (χ1n) is 10.1. The van der Waals surface area contributed by atoms with Gasteiger partial charge in [-0.1, -0.05) is 23.4 Å². The molecule has 11 heteroatoms. The van der Waals surface area contributed by atoms with Crippen molar-refractivity contribution < 1.29 is 19.2 Å². The van der Waals surface area contributed by atoms with E-state index in [1.54, 1.807) is 17.0 Å². The van der Waals surface area contributed by atoms with Gasteiger partial charge in [0, 0.05) is 31.7 Å². The fraction of sp³-hybridized carbons (Fsp3) is 0.286. The average Bonchev–Trinajstić information content (AvgIpc) is 3.31. The molecule has 0 spiro atoms. The minimum absolute atomic E-state index is 0.255. The van der Waals surface area contributed by atoms with Crippen molar-refractivity contribution in [2.75, 3.05) is 23.7 Å². The number of hydrogen-bond acceptors (Lipinski definition) is 7. The summed E-state index contributed by atoms with van der Waals surface area (Å²) in [6.07, 6.45) is 3.86. The fourth-order valence-corrected chi connectivity index (χ4v) is 3.68. The van der Waals surface area contributed by atoms with E-state index in [4.69, 9.17) is 0 Å². The molecule has 3 aromatic rings. The lowest BCUT2D eigenvalue weighted by molar-refractivity contribution is 0.101. The molecule has 32 heavy (non-hydrogen) atoms. The number of nitrogens with zero attached hydrogens (tertiary/aromatic N) is 4. The van der Waals surface area contributed by atoms with Crippen molar-refractivity contribution in [2.45, 2.75) is 18.8 Å². The van der Waals surface area contributed by atoms with Crippen LogP contribution in [0, 0.1) is 0 Å². The Morgan fingerprint density at radius 1 is 1.19 bits per heavy atom. The minimum atomic E-state index is -0.765. The molecule has 3 heterocycles. The van der Waals surface area contributed by atoms with Gasteiger partial charge in [0.15, 0.2) is 5.69 Å². The molecule has 166 valence electrons. The predicted molar refractivity (Wildman–Crippen MR) is 115 cm³/mol. The van der Waals surface area contributed by atoms with Gasteiger partial charge in [-0.15, -0.1) is 0 Å². The van der Waals surface area contributed by atoms with Gasteiger partial charge in [-0.3, -0.25) is 14.2 Å². The van der Waals surface area contributed by atoms with Crippen LogP contribution in [0.3, 0.4) is 0 Å². The van der Waals surface area contributed by atoms with Crippen LogP contribution in [-0.4, -0.2) is 49.7 Å². The number of piperidine rings is 1. The molecule has 0 bridgehead atoms. The van der Waals surface area contributed by atoms with Gasteiger partial charge in [-0.05, 0) is 25.0 Å². The SMILES string of the molecule is Cn1c(C2CCCN(C(=O)Nc3ccccc3)C2)nc(C(=O)Nc2cnoc2)c(O)c1=O. The summed E-state index contributed by atoms with van der Waals surface area (Å²) in [5, 5.41) is 19.0. The van der Waals surface area contributed by atoms with E-state index in [9.17, 15) is 19.5 Å². The molecule has 3 amide bonds.